The molecule has 1 amide bonds. The average molecular weight is 422 g/mol. The molecular weight excluding hydrogens is 396 g/mol. The maximum atomic E-state index is 12.6. The second kappa shape index (κ2) is 9.03. The van der Waals surface area contributed by atoms with Gasteiger partial charge in [0.25, 0.3) is 0 Å². The topological polar surface area (TPSA) is 78.7 Å². The first-order chi connectivity index (χ1) is 15.3. The van der Waals surface area contributed by atoms with Crippen LogP contribution >= 0.6 is 0 Å². The van der Waals surface area contributed by atoms with Gasteiger partial charge in [-0.1, -0.05) is 12.1 Å². The van der Waals surface area contributed by atoms with E-state index in [-0.39, 0.29) is 24.2 Å². The zero-order chi connectivity index (χ0) is 21.0. The lowest BCUT2D eigenvalue weighted by molar-refractivity contribution is -0.131. The number of hydrogen-bond donors (Lipinski definition) is 0. The van der Waals surface area contributed by atoms with E-state index in [4.69, 9.17) is 14.2 Å². The predicted octanol–water partition coefficient (Wildman–Crippen LogP) is 2.29. The van der Waals surface area contributed by atoms with E-state index in [1.807, 2.05) is 52.3 Å². The quantitative estimate of drug-likeness (QED) is 0.607. The summed E-state index contributed by atoms with van der Waals surface area (Å²) in [4.78, 5) is 18.6. The van der Waals surface area contributed by atoms with Gasteiger partial charge in [-0.3, -0.25) is 14.5 Å². The van der Waals surface area contributed by atoms with Crippen LogP contribution in [0, 0.1) is 0 Å². The number of rotatable bonds is 6. The molecular formula is C23H26N4O4. The minimum atomic E-state index is -0.192. The van der Waals surface area contributed by atoms with Gasteiger partial charge in [0.1, 0.15) is 24.1 Å². The molecule has 4 heterocycles. The highest BCUT2D eigenvalue weighted by atomic mass is 16.6. The molecule has 8 heteroatoms. The van der Waals surface area contributed by atoms with Crippen molar-refractivity contribution in [3.05, 3.63) is 55.1 Å². The van der Waals surface area contributed by atoms with Crippen molar-refractivity contribution in [2.75, 3.05) is 26.3 Å². The number of fused-ring (bicyclic) bond motifs is 2. The number of hydrogen-bond acceptors (Lipinski definition) is 6. The third kappa shape index (κ3) is 4.55. The maximum Gasteiger partial charge on any atom is 0.222 e. The van der Waals surface area contributed by atoms with Crippen molar-refractivity contribution < 1.29 is 19.0 Å². The molecule has 8 nitrogen and oxygen atoms in total. The molecule has 1 aromatic carbocycles. The summed E-state index contributed by atoms with van der Waals surface area (Å²) in [5.74, 6) is 0.947. The summed E-state index contributed by atoms with van der Waals surface area (Å²) in [5, 5.41) is 6.23. The van der Waals surface area contributed by atoms with Gasteiger partial charge in [0, 0.05) is 61.6 Å². The number of nitrogens with zero attached hydrogens (tertiary/aromatic N) is 4. The molecule has 2 fully saturated rings. The van der Waals surface area contributed by atoms with Crippen molar-refractivity contribution in [2.24, 2.45) is 0 Å². The molecule has 2 aromatic heterocycles. The van der Waals surface area contributed by atoms with Crippen LogP contribution in [0.3, 0.4) is 0 Å². The predicted molar refractivity (Wildman–Crippen MR) is 114 cm³/mol. The highest BCUT2D eigenvalue weighted by Crippen LogP contribution is 2.27. The lowest BCUT2D eigenvalue weighted by atomic mass is 10.1. The second-order valence-corrected chi connectivity index (χ2v) is 8.01. The molecule has 0 bridgehead atoms. The minimum Gasteiger partial charge on any atom is -0.485 e. The van der Waals surface area contributed by atoms with Crippen LogP contribution in [-0.2, 0) is 20.8 Å². The van der Waals surface area contributed by atoms with E-state index in [1.54, 1.807) is 12.4 Å². The monoisotopic (exact) mass is 422 g/mol. The van der Waals surface area contributed by atoms with E-state index < -0.39 is 0 Å². The summed E-state index contributed by atoms with van der Waals surface area (Å²) in [7, 11) is 0. The summed E-state index contributed by atoms with van der Waals surface area (Å²) >= 11 is 0. The molecule has 0 N–H and O–H groups in total. The average Bonchev–Trinajstić information content (AvgIpc) is 3.42. The molecule has 0 unspecified atom stereocenters. The Kier molecular flexibility index (Phi) is 5.82. The highest BCUT2D eigenvalue weighted by Gasteiger charge is 2.39. The molecule has 0 aliphatic carbocycles. The first-order valence-electron chi connectivity index (χ1n) is 10.7. The van der Waals surface area contributed by atoms with Crippen LogP contribution in [0.2, 0.25) is 0 Å². The first kappa shape index (κ1) is 20.0. The van der Waals surface area contributed by atoms with Crippen LogP contribution in [0.4, 0.5) is 0 Å². The smallest absolute Gasteiger partial charge is 0.222 e. The summed E-state index contributed by atoms with van der Waals surface area (Å²) in [6.07, 6.45) is 8.11. The van der Waals surface area contributed by atoms with E-state index >= 15 is 0 Å². The molecule has 3 aromatic rings. The van der Waals surface area contributed by atoms with Gasteiger partial charge in [0.15, 0.2) is 0 Å². The molecule has 0 spiro atoms. The van der Waals surface area contributed by atoms with Crippen LogP contribution in [0.15, 0.2) is 55.1 Å². The maximum absolute atomic E-state index is 12.6. The fourth-order valence-electron chi connectivity index (χ4n) is 4.20. The third-order valence-corrected chi connectivity index (χ3v) is 5.83. The summed E-state index contributed by atoms with van der Waals surface area (Å²) < 4.78 is 20.3. The van der Waals surface area contributed by atoms with Gasteiger partial charge in [0.2, 0.25) is 5.91 Å². The lowest BCUT2D eigenvalue weighted by Gasteiger charge is -2.20. The van der Waals surface area contributed by atoms with E-state index in [0.717, 1.165) is 29.5 Å². The molecule has 5 rings (SSSR count). The largest absolute Gasteiger partial charge is 0.485 e. The van der Waals surface area contributed by atoms with E-state index in [2.05, 4.69) is 10.1 Å². The summed E-state index contributed by atoms with van der Waals surface area (Å²) in [5.41, 5.74) is 0. The Hall–Kier alpha value is -2.97. The van der Waals surface area contributed by atoms with Crippen LogP contribution < -0.4 is 4.74 Å². The number of ether oxygens (including phenoxy) is 3. The minimum absolute atomic E-state index is 0.111. The normalized spacial score (nSPS) is 21.7. The Morgan fingerprint density at radius 3 is 2.71 bits per heavy atom. The first-order valence-corrected chi connectivity index (χ1v) is 10.7. The number of aromatic nitrogens is 3. The number of amides is 1. The summed E-state index contributed by atoms with van der Waals surface area (Å²) in [6, 6.07) is 9.77. The zero-order valence-corrected chi connectivity index (χ0v) is 17.3. The molecule has 2 aliphatic rings. The van der Waals surface area contributed by atoms with Crippen molar-refractivity contribution in [2.45, 2.75) is 37.7 Å². The van der Waals surface area contributed by atoms with Gasteiger partial charge in [-0.2, -0.15) is 5.10 Å². The number of pyridine rings is 1. The molecule has 2 aliphatic heterocycles. The Bertz CT molecular complexity index is 1000. The Balaban J connectivity index is 1.13. The van der Waals surface area contributed by atoms with Gasteiger partial charge in [-0.25, -0.2) is 0 Å². The fourth-order valence-corrected chi connectivity index (χ4v) is 4.20. The van der Waals surface area contributed by atoms with Gasteiger partial charge in [0.05, 0.1) is 13.2 Å². The molecule has 0 saturated carbocycles. The summed E-state index contributed by atoms with van der Waals surface area (Å²) in [6.45, 7) is 2.75. The van der Waals surface area contributed by atoms with Crippen LogP contribution in [0.25, 0.3) is 10.8 Å². The molecule has 31 heavy (non-hydrogen) atoms. The molecule has 2 atom stereocenters. The third-order valence-electron chi connectivity index (χ3n) is 5.83. The van der Waals surface area contributed by atoms with Gasteiger partial charge >= 0.3 is 0 Å². The van der Waals surface area contributed by atoms with E-state index in [1.165, 1.54) is 0 Å². The number of benzene rings is 1. The molecule has 162 valence electrons. The molecule has 0 radical (unpaired) electrons. The standard InChI is InChI=1S/C23H26N4O4/c28-23(6-2-10-27-11-3-8-25-27)26-13-21-22(14-26)30-16-18(15-29-21)31-20-5-1-4-17-12-24-9-7-19(17)20/h1,3-5,7-9,11-12,18,21-22H,2,6,10,13-16H2/t21-,22-/m0/s1. The van der Waals surface area contributed by atoms with Gasteiger partial charge < -0.3 is 19.1 Å². The lowest BCUT2D eigenvalue weighted by Crippen LogP contribution is -2.32. The van der Waals surface area contributed by atoms with E-state index in [9.17, 15) is 4.79 Å². The highest BCUT2D eigenvalue weighted by molar-refractivity contribution is 5.87. The number of aryl methyl sites for hydroxylation is 1. The van der Waals surface area contributed by atoms with Gasteiger partial charge in [-0.15, -0.1) is 0 Å². The Morgan fingerprint density at radius 1 is 1.10 bits per heavy atom. The fraction of sp³-hybridized carbons (Fsp3) is 0.435. The Labute approximate surface area is 180 Å². The van der Waals surface area contributed by atoms with Crippen molar-refractivity contribution in [3.8, 4) is 5.75 Å². The van der Waals surface area contributed by atoms with Crippen molar-refractivity contribution in [1.82, 2.24) is 19.7 Å². The van der Waals surface area contributed by atoms with Crippen LogP contribution in [-0.4, -0.2) is 70.2 Å². The number of carbonyl (C=O) groups excluding carboxylic acids is 1. The zero-order valence-electron chi connectivity index (χ0n) is 17.3. The van der Waals surface area contributed by atoms with Gasteiger partial charge in [-0.05, 0) is 24.6 Å². The second-order valence-electron chi connectivity index (χ2n) is 8.01. The van der Waals surface area contributed by atoms with E-state index in [0.29, 0.717) is 32.7 Å². The molecule has 2 saturated heterocycles. The van der Waals surface area contributed by atoms with Crippen molar-refractivity contribution >= 4 is 16.7 Å². The van der Waals surface area contributed by atoms with Crippen molar-refractivity contribution in [1.29, 1.82) is 0 Å². The number of likely N-dealkylation sites (tertiary alicyclic amines) is 1. The Morgan fingerprint density at radius 2 is 1.94 bits per heavy atom. The van der Waals surface area contributed by atoms with Crippen LogP contribution in [0.5, 0.6) is 5.75 Å². The van der Waals surface area contributed by atoms with Crippen LogP contribution in [0.1, 0.15) is 12.8 Å². The number of carbonyl (C=O) groups is 1. The van der Waals surface area contributed by atoms with Crippen molar-refractivity contribution in [3.63, 3.8) is 0 Å². The SMILES string of the molecule is O=C(CCCn1cccn1)N1C[C@@H]2OCC(Oc3cccc4cnccc34)CO[C@H]2C1.